The van der Waals surface area contributed by atoms with Crippen molar-refractivity contribution in [1.82, 2.24) is 0 Å². The fourth-order valence-electron chi connectivity index (χ4n) is 4.07. The van der Waals surface area contributed by atoms with Crippen LogP contribution in [0.15, 0.2) is 130 Å². The summed E-state index contributed by atoms with van der Waals surface area (Å²) in [6.07, 6.45) is 0. The first-order valence-electron chi connectivity index (χ1n) is 11.4. The lowest BCUT2D eigenvalue weighted by molar-refractivity contribution is 1.25. The molecular formula is C30H24Br2N4. The smallest absolute Gasteiger partial charge is 0.0463 e. The van der Waals surface area contributed by atoms with Gasteiger partial charge in [0.2, 0.25) is 0 Å². The third-order valence-electron chi connectivity index (χ3n) is 5.84. The predicted molar refractivity (Wildman–Crippen MR) is 160 cm³/mol. The summed E-state index contributed by atoms with van der Waals surface area (Å²) >= 11 is 7.09. The first-order valence-corrected chi connectivity index (χ1v) is 13.0. The number of nitrogens with two attached hydrogens (primary N) is 2. The van der Waals surface area contributed by atoms with E-state index < -0.39 is 0 Å². The Morgan fingerprint density at radius 1 is 0.333 bits per heavy atom. The maximum atomic E-state index is 5.97. The van der Waals surface area contributed by atoms with Crippen LogP contribution in [0.4, 0.5) is 45.5 Å². The summed E-state index contributed by atoms with van der Waals surface area (Å²) in [7, 11) is 0. The van der Waals surface area contributed by atoms with Crippen molar-refractivity contribution in [2.24, 2.45) is 0 Å². The van der Waals surface area contributed by atoms with Crippen molar-refractivity contribution in [1.29, 1.82) is 0 Å². The van der Waals surface area contributed by atoms with Crippen LogP contribution in [0.5, 0.6) is 0 Å². The van der Waals surface area contributed by atoms with Gasteiger partial charge in [-0.3, -0.25) is 0 Å². The molecule has 0 saturated carbocycles. The largest absolute Gasteiger partial charge is 0.399 e. The molecule has 4 N–H and O–H groups in total. The topological polar surface area (TPSA) is 58.5 Å². The summed E-state index contributed by atoms with van der Waals surface area (Å²) in [5, 5.41) is 0. The van der Waals surface area contributed by atoms with Gasteiger partial charge in [0, 0.05) is 54.4 Å². The molecule has 0 bridgehead atoms. The Labute approximate surface area is 228 Å². The van der Waals surface area contributed by atoms with Gasteiger partial charge in [-0.2, -0.15) is 0 Å². The third-order valence-corrected chi connectivity index (χ3v) is 6.90. The number of nitrogens with zero attached hydrogens (tertiary/aromatic N) is 2. The van der Waals surface area contributed by atoms with E-state index in [4.69, 9.17) is 11.5 Å². The Hall–Kier alpha value is -3.74. The third kappa shape index (κ3) is 5.25. The van der Waals surface area contributed by atoms with Gasteiger partial charge in [-0.15, -0.1) is 0 Å². The van der Waals surface area contributed by atoms with E-state index in [1.54, 1.807) is 0 Å². The van der Waals surface area contributed by atoms with Crippen molar-refractivity contribution >= 4 is 77.4 Å². The molecule has 178 valence electrons. The zero-order valence-electron chi connectivity index (χ0n) is 19.4. The van der Waals surface area contributed by atoms with Gasteiger partial charge < -0.3 is 21.3 Å². The zero-order chi connectivity index (χ0) is 25.1. The monoisotopic (exact) mass is 598 g/mol. The van der Waals surface area contributed by atoms with Gasteiger partial charge in [-0.05, 0) is 121 Å². The summed E-state index contributed by atoms with van der Waals surface area (Å²) < 4.78 is 2.07. The molecule has 0 amide bonds. The van der Waals surface area contributed by atoms with Crippen molar-refractivity contribution in [3.63, 3.8) is 0 Å². The van der Waals surface area contributed by atoms with Gasteiger partial charge in [0.05, 0.1) is 0 Å². The predicted octanol–water partition coefficient (Wildman–Crippen LogP) is 9.32. The van der Waals surface area contributed by atoms with Crippen molar-refractivity contribution in [2.75, 3.05) is 21.3 Å². The van der Waals surface area contributed by atoms with Crippen molar-refractivity contribution in [3.8, 4) is 0 Å². The first-order chi connectivity index (χ1) is 17.5. The molecule has 0 spiro atoms. The van der Waals surface area contributed by atoms with Crippen LogP contribution < -0.4 is 21.3 Å². The molecule has 36 heavy (non-hydrogen) atoms. The molecule has 0 heterocycles. The standard InChI is InChI=1S/C30H24Br2N4/c31-21-1-9-25(10-2-21)35(27-13-5-23(33)6-14-27)29-17-19-30(20-18-29)36(26-11-3-22(32)4-12-26)28-15-7-24(34)8-16-28/h1-20H,33-34H2. The molecule has 0 atom stereocenters. The molecule has 0 fully saturated rings. The minimum atomic E-state index is 0.735. The van der Waals surface area contributed by atoms with Crippen LogP contribution in [0.25, 0.3) is 0 Å². The molecule has 0 unspecified atom stereocenters. The lowest BCUT2D eigenvalue weighted by atomic mass is 10.1. The second-order valence-electron chi connectivity index (χ2n) is 8.32. The number of nitrogen functional groups attached to an aromatic ring is 2. The highest BCUT2D eigenvalue weighted by Gasteiger charge is 2.16. The van der Waals surface area contributed by atoms with Gasteiger partial charge in [-0.25, -0.2) is 0 Å². The van der Waals surface area contributed by atoms with E-state index >= 15 is 0 Å². The molecule has 5 rings (SSSR count). The van der Waals surface area contributed by atoms with Gasteiger partial charge in [0.1, 0.15) is 0 Å². The number of anilines is 8. The SMILES string of the molecule is Nc1ccc(N(c2ccc(Br)cc2)c2ccc(N(c3ccc(N)cc3)c3ccc(Br)cc3)cc2)cc1. The fraction of sp³-hybridized carbons (Fsp3) is 0. The molecule has 5 aromatic rings. The summed E-state index contributed by atoms with van der Waals surface area (Å²) in [5.74, 6) is 0. The maximum Gasteiger partial charge on any atom is 0.0463 e. The molecule has 0 aliphatic rings. The Kier molecular flexibility index (Phi) is 6.98. The van der Waals surface area contributed by atoms with E-state index in [0.717, 1.165) is 54.4 Å². The van der Waals surface area contributed by atoms with Crippen LogP contribution in [0.1, 0.15) is 0 Å². The number of hydrogen-bond donors (Lipinski definition) is 2. The molecule has 0 aliphatic heterocycles. The zero-order valence-corrected chi connectivity index (χ0v) is 22.5. The lowest BCUT2D eigenvalue weighted by Crippen LogP contribution is -2.12. The minimum Gasteiger partial charge on any atom is -0.399 e. The quantitative estimate of drug-likeness (QED) is 0.191. The van der Waals surface area contributed by atoms with Gasteiger partial charge in [-0.1, -0.05) is 31.9 Å². The second kappa shape index (κ2) is 10.5. The average Bonchev–Trinajstić information content (AvgIpc) is 2.90. The Balaban J connectivity index is 1.57. The molecule has 4 nitrogen and oxygen atoms in total. The highest BCUT2D eigenvalue weighted by molar-refractivity contribution is 9.10. The normalized spacial score (nSPS) is 10.7. The van der Waals surface area contributed by atoms with Crippen LogP contribution in [0.3, 0.4) is 0 Å². The summed E-state index contributed by atoms with van der Waals surface area (Å²) in [5.41, 5.74) is 19.7. The molecule has 0 aromatic heterocycles. The minimum absolute atomic E-state index is 0.735. The number of halogens is 2. The number of benzene rings is 5. The van der Waals surface area contributed by atoms with Crippen molar-refractivity contribution in [2.45, 2.75) is 0 Å². The average molecular weight is 600 g/mol. The maximum absolute atomic E-state index is 5.97. The molecule has 5 aromatic carbocycles. The van der Waals surface area contributed by atoms with E-state index in [1.165, 1.54) is 0 Å². The lowest BCUT2D eigenvalue weighted by Gasteiger charge is -2.28. The second-order valence-corrected chi connectivity index (χ2v) is 10.2. The molecule has 0 saturated heterocycles. The van der Waals surface area contributed by atoms with Crippen LogP contribution in [-0.2, 0) is 0 Å². The Morgan fingerprint density at radius 3 is 0.778 bits per heavy atom. The Bertz CT molecular complexity index is 1230. The molecule has 0 radical (unpaired) electrons. The highest BCUT2D eigenvalue weighted by atomic mass is 79.9. The van der Waals surface area contributed by atoms with E-state index in [9.17, 15) is 0 Å². The fourth-order valence-corrected chi connectivity index (χ4v) is 4.60. The van der Waals surface area contributed by atoms with Crippen LogP contribution >= 0.6 is 31.9 Å². The van der Waals surface area contributed by atoms with E-state index in [0.29, 0.717) is 0 Å². The van der Waals surface area contributed by atoms with Gasteiger partial charge in [0.25, 0.3) is 0 Å². The summed E-state index contributed by atoms with van der Waals surface area (Å²) in [6.45, 7) is 0. The highest BCUT2D eigenvalue weighted by Crippen LogP contribution is 2.39. The van der Waals surface area contributed by atoms with E-state index in [2.05, 4.69) is 90.2 Å². The summed E-state index contributed by atoms with van der Waals surface area (Å²) in [6, 6.07) is 40.9. The van der Waals surface area contributed by atoms with Crippen LogP contribution in [0.2, 0.25) is 0 Å². The van der Waals surface area contributed by atoms with Gasteiger partial charge >= 0.3 is 0 Å². The van der Waals surface area contributed by atoms with E-state index in [-0.39, 0.29) is 0 Å². The van der Waals surface area contributed by atoms with E-state index in [1.807, 2.05) is 72.8 Å². The van der Waals surface area contributed by atoms with Crippen molar-refractivity contribution < 1.29 is 0 Å². The molecule has 6 heteroatoms. The number of rotatable bonds is 6. The molecular weight excluding hydrogens is 576 g/mol. The van der Waals surface area contributed by atoms with Crippen molar-refractivity contribution in [3.05, 3.63) is 130 Å². The van der Waals surface area contributed by atoms with Crippen LogP contribution in [0, 0.1) is 0 Å². The molecule has 0 aliphatic carbocycles. The van der Waals surface area contributed by atoms with Crippen LogP contribution in [-0.4, -0.2) is 0 Å². The number of hydrogen-bond acceptors (Lipinski definition) is 4. The first kappa shape index (κ1) is 24.0. The van der Waals surface area contributed by atoms with Gasteiger partial charge in [0.15, 0.2) is 0 Å². The summed E-state index contributed by atoms with van der Waals surface area (Å²) in [4.78, 5) is 4.42. The Morgan fingerprint density at radius 2 is 0.528 bits per heavy atom.